The predicted octanol–water partition coefficient (Wildman–Crippen LogP) is 2.84. The van der Waals surface area contributed by atoms with Crippen molar-refractivity contribution >= 4 is 11.6 Å². The van der Waals surface area contributed by atoms with Crippen LogP contribution in [0, 0.1) is 0 Å². The number of benzene rings is 1. The molecule has 24 heavy (non-hydrogen) atoms. The van der Waals surface area contributed by atoms with Crippen LogP contribution >= 0.6 is 0 Å². The first kappa shape index (κ1) is 14.6. The number of aryl methyl sites for hydroxylation is 1. The number of hydrogen-bond acceptors (Lipinski definition) is 5. The van der Waals surface area contributed by atoms with E-state index in [1.54, 1.807) is 6.26 Å². The van der Waals surface area contributed by atoms with E-state index in [9.17, 15) is 4.79 Å². The highest BCUT2D eigenvalue weighted by Gasteiger charge is 2.28. The minimum absolute atomic E-state index is 0.0506. The molecule has 0 atom stereocenters. The molecule has 0 unspecified atom stereocenters. The summed E-state index contributed by atoms with van der Waals surface area (Å²) < 4.78 is 7.10. The molecule has 0 saturated heterocycles. The predicted molar refractivity (Wildman–Crippen MR) is 87.2 cm³/mol. The lowest BCUT2D eigenvalue weighted by molar-refractivity contribution is -0.116. The first-order chi connectivity index (χ1) is 11.8. The summed E-state index contributed by atoms with van der Waals surface area (Å²) in [6.07, 6.45) is 4.79. The van der Waals surface area contributed by atoms with Crippen molar-refractivity contribution in [2.45, 2.75) is 31.7 Å². The van der Waals surface area contributed by atoms with Crippen molar-refractivity contribution < 1.29 is 9.21 Å². The number of hydrogen-bond donors (Lipinski definition) is 1. The lowest BCUT2D eigenvalue weighted by Gasteiger charge is -2.07. The van der Waals surface area contributed by atoms with Crippen LogP contribution in [0.3, 0.4) is 0 Å². The largest absolute Gasteiger partial charge is 0.469 e. The van der Waals surface area contributed by atoms with E-state index in [4.69, 9.17) is 4.42 Å². The van der Waals surface area contributed by atoms with Crippen molar-refractivity contribution in [1.82, 2.24) is 20.2 Å². The summed E-state index contributed by atoms with van der Waals surface area (Å²) in [6, 6.07) is 11.7. The second-order valence-corrected chi connectivity index (χ2v) is 5.89. The minimum atomic E-state index is -0.0506. The zero-order chi connectivity index (χ0) is 16.4. The van der Waals surface area contributed by atoms with Crippen LogP contribution in [-0.2, 0) is 11.2 Å². The number of nitrogens with zero attached hydrogens (tertiary/aromatic N) is 4. The standard InChI is InChI=1S/C17H17N5O2/c23-16(9-8-15-5-2-10-24-15)18-13-4-1-3-12(11-13)17-19-20-21-22(17)14-6-7-14/h1-5,10-11,14H,6-9H2,(H,18,23). The van der Waals surface area contributed by atoms with Crippen molar-refractivity contribution in [2.24, 2.45) is 0 Å². The molecular weight excluding hydrogens is 306 g/mol. The second kappa shape index (κ2) is 6.27. The van der Waals surface area contributed by atoms with Gasteiger partial charge in [-0.3, -0.25) is 4.79 Å². The number of anilines is 1. The van der Waals surface area contributed by atoms with Gasteiger partial charge in [-0.05, 0) is 47.5 Å². The molecule has 1 saturated carbocycles. The summed E-state index contributed by atoms with van der Waals surface area (Å²) in [5.41, 5.74) is 1.64. The average molecular weight is 323 g/mol. The zero-order valence-electron chi connectivity index (χ0n) is 13.1. The van der Waals surface area contributed by atoms with Crippen molar-refractivity contribution in [3.05, 3.63) is 48.4 Å². The van der Waals surface area contributed by atoms with Crippen LogP contribution in [-0.4, -0.2) is 26.1 Å². The molecule has 122 valence electrons. The lowest BCUT2D eigenvalue weighted by atomic mass is 10.1. The Morgan fingerprint density at radius 1 is 1.29 bits per heavy atom. The molecule has 1 aliphatic rings. The highest BCUT2D eigenvalue weighted by atomic mass is 16.3. The van der Waals surface area contributed by atoms with Crippen molar-refractivity contribution in [3.63, 3.8) is 0 Å². The van der Waals surface area contributed by atoms with Gasteiger partial charge in [-0.1, -0.05) is 12.1 Å². The highest BCUT2D eigenvalue weighted by Crippen LogP contribution is 2.36. The van der Waals surface area contributed by atoms with Gasteiger partial charge in [0, 0.05) is 24.1 Å². The Hall–Kier alpha value is -2.96. The van der Waals surface area contributed by atoms with E-state index in [1.165, 1.54) is 0 Å². The molecule has 2 heterocycles. The van der Waals surface area contributed by atoms with Gasteiger partial charge in [0.25, 0.3) is 0 Å². The Labute approximate surface area is 138 Å². The first-order valence-electron chi connectivity index (χ1n) is 8.00. The van der Waals surface area contributed by atoms with Gasteiger partial charge in [-0.2, -0.15) is 0 Å². The van der Waals surface area contributed by atoms with Crippen molar-refractivity contribution in [2.75, 3.05) is 5.32 Å². The number of furan rings is 1. The smallest absolute Gasteiger partial charge is 0.224 e. The third-order valence-corrected chi connectivity index (χ3v) is 3.97. The molecule has 2 aromatic heterocycles. The van der Waals surface area contributed by atoms with Crippen LogP contribution in [0.25, 0.3) is 11.4 Å². The maximum atomic E-state index is 12.1. The molecular formula is C17H17N5O2. The van der Waals surface area contributed by atoms with Gasteiger partial charge in [0.1, 0.15) is 5.76 Å². The summed E-state index contributed by atoms with van der Waals surface area (Å²) in [5, 5.41) is 14.9. The maximum absolute atomic E-state index is 12.1. The van der Waals surface area contributed by atoms with Crippen LogP contribution in [0.1, 0.15) is 31.1 Å². The Morgan fingerprint density at radius 2 is 2.21 bits per heavy atom. The quantitative estimate of drug-likeness (QED) is 0.754. The number of tetrazole rings is 1. The molecule has 1 fully saturated rings. The van der Waals surface area contributed by atoms with Gasteiger partial charge in [0.05, 0.1) is 12.3 Å². The Balaban J connectivity index is 1.44. The normalized spacial score (nSPS) is 13.8. The fourth-order valence-electron chi connectivity index (χ4n) is 2.60. The third-order valence-electron chi connectivity index (χ3n) is 3.97. The van der Waals surface area contributed by atoms with E-state index in [0.29, 0.717) is 18.9 Å². The van der Waals surface area contributed by atoms with E-state index in [2.05, 4.69) is 20.8 Å². The van der Waals surface area contributed by atoms with Crippen LogP contribution < -0.4 is 5.32 Å². The molecule has 1 aliphatic carbocycles. The Kier molecular flexibility index (Phi) is 3.82. The molecule has 0 aliphatic heterocycles. The Morgan fingerprint density at radius 3 is 3.00 bits per heavy atom. The maximum Gasteiger partial charge on any atom is 0.224 e. The summed E-state index contributed by atoms with van der Waals surface area (Å²) in [4.78, 5) is 12.1. The summed E-state index contributed by atoms with van der Waals surface area (Å²) in [7, 11) is 0. The van der Waals surface area contributed by atoms with Crippen molar-refractivity contribution in [3.8, 4) is 11.4 Å². The average Bonchev–Trinajstić information content (AvgIpc) is 3.11. The van der Waals surface area contributed by atoms with E-state index in [0.717, 1.165) is 35.7 Å². The molecule has 0 bridgehead atoms. The molecule has 7 nitrogen and oxygen atoms in total. The molecule has 3 aromatic rings. The van der Waals surface area contributed by atoms with Gasteiger partial charge in [-0.15, -0.1) is 5.10 Å². The topological polar surface area (TPSA) is 85.8 Å². The van der Waals surface area contributed by atoms with Crippen LogP contribution in [0.2, 0.25) is 0 Å². The summed E-state index contributed by atoms with van der Waals surface area (Å²) in [5.74, 6) is 1.50. The number of carbonyl (C=O) groups excluding carboxylic acids is 1. The van der Waals surface area contributed by atoms with Crippen LogP contribution in [0.5, 0.6) is 0 Å². The third kappa shape index (κ3) is 3.19. The van der Waals surface area contributed by atoms with Crippen molar-refractivity contribution in [1.29, 1.82) is 0 Å². The molecule has 1 amide bonds. The van der Waals surface area contributed by atoms with Gasteiger partial charge in [0.15, 0.2) is 5.82 Å². The fourth-order valence-corrected chi connectivity index (χ4v) is 2.60. The van der Waals surface area contributed by atoms with E-state index >= 15 is 0 Å². The molecule has 4 rings (SSSR count). The molecule has 1 N–H and O–H groups in total. The fraction of sp³-hybridized carbons (Fsp3) is 0.294. The van der Waals surface area contributed by atoms with Gasteiger partial charge < -0.3 is 9.73 Å². The molecule has 0 radical (unpaired) electrons. The Bertz CT molecular complexity index is 836. The van der Waals surface area contributed by atoms with Gasteiger partial charge >= 0.3 is 0 Å². The molecule has 7 heteroatoms. The monoisotopic (exact) mass is 323 g/mol. The number of aromatic nitrogens is 4. The zero-order valence-corrected chi connectivity index (χ0v) is 13.1. The molecule has 0 spiro atoms. The highest BCUT2D eigenvalue weighted by molar-refractivity contribution is 5.91. The lowest BCUT2D eigenvalue weighted by Crippen LogP contribution is -2.12. The summed E-state index contributed by atoms with van der Waals surface area (Å²) in [6.45, 7) is 0. The second-order valence-electron chi connectivity index (χ2n) is 5.89. The number of carbonyl (C=O) groups is 1. The number of rotatable bonds is 6. The van der Waals surface area contributed by atoms with E-state index in [-0.39, 0.29) is 5.91 Å². The van der Waals surface area contributed by atoms with Crippen LogP contribution in [0.15, 0.2) is 47.1 Å². The summed E-state index contributed by atoms with van der Waals surface area (Å²) >= 11 is 0. The van der Waals surface area contributed by atoms with E-state index < -0.39 is 0 Å². The minimum Gasteiger partial charge on any atom is -0.469 e. The SMILES string of the molecule is O=C(CCc1ccco1)Nc1cccc(-c2nnnn2C2CC2)c1. The van der Waals surface area contributed by atoms with Crippen LogP contribution in [0.4, 0.5) is 5.69 Å². The first-order valence-corrected chi connectivity index (χ1v) is 8.00. The van der Waals surface area contributed by atoms with Gasteiger partial charge in [0.2, 0.25) is 5.91 Å². The van der Waals surface area contributed by atoms with E-state index in [1.807, 2.05) is 41.1 Å². The number of amides is 1. The van der Waals surface area contributed by atoms with Gasteiger partial charge in [-0.25, -0.2) is 4.68 Å². The molecule has 1 aromatic carbocycles. The number of nitrogens with one attached hydrogen (secondary N) is 1.